The molecule has 1 aromatic rings. The van der Waals surface area contributed by atoms with Crippen molar-refractivity contribution in [1.29, 1.82) is 0 Å². The van der Waals surface area contributed by atoms with Gasteiger partial charge in [-0.25, -0.2) is 9.59 Å². The predicted octanol–water partition coefficient (Wildman–Crippen LogP) is 2.99. The van der Waals surface area contributed by atoms with E-state index in [9.17, 15) is 31.1 Å². The average Bonchev–Trinajstić information content (AvgIpc) is 3.28. The molecule has 1 spiro atoms. The van der Waals surface area contributed by atoms with E-state index in [0.717, 1.165) is 51.7 Å². The third kappa shape index (κ3) is 10.5. The third-order valence-corrected chi connectivity index (χ3v) is 6.65. The van der Waals surface area contributed by atoms with Crippen LogP contribution in [0.4, 0.5) is 26.3 Å². The monoisotopic (exact) mass is 587 g/mol. The molecule has 0 radical (unpaired) electrons. The number of aliphatic carboxylic acids is 2. The number of amides is 1. The summed E-state index contributed by atoms with van der Waals surface area (Å²) >= 11 is 0. The van der Waals surface area contributed by atoms with Gasteiger partial charge in [-0.1, -0.05) is 0 Å². The lowest BCUT2D eigenvalue weighted by molar-refractivity contribution is -0.193. The summed E-state index contributed by atoms with van der Waals surface area (Å²) in [5, 5.41) is 17.3. The number of ether oxygens (including phenoxy) is 2. The van der Waals surface area contributed by atoms with Gasteiger partial charge < -0.3 is 25.0 Å². The van der Waals surface area contributed by atoms with Crippen molar-refractivity contribution in [2.24, 2.45) is 11.8 Å². The molecular formula is C24H31F6N3O7. The number of rotatable bonds is 6. The van der Waals surface area contributed by atoms with E-state index in [1.54, 1.807) is 24.5 Å². The molecular weight excluding hydrogens is 556 g/mol. The summed E-state index contributed by atoms with van der Waals surface area (Å²) in [5.74, 6) is -4.21. The minimum absolute atomic E-state index is 0.0184. The number of aromatic nitrogens is 1. The first-order valence-corrected chi connectivity index (χ1v) is 12.4. The van der Waals surface area contributed by atoms with Crippen LogP contribution in [0.25, 0.3) is 0 Å². The van der Waals surface area contributed by atoms with E-state index in [-0.39, 0.29) is 11.5 Å². The summed E-state index contributed by atoms with van der Waals surface area (Å²) in [6.07, 6.45) is -2.39. The Labute approximate surface area is 225 Å². The first-order chi connectivity index (χ1) is 18.6. The van der Waals surface area contributed by atoms with Gasteiger partial charge in [-0.05, 0) is 49.7 Å². The highest BCUT2D eigenvalue weighted by Crippen LogP contribution is 2.42. The van der Waals surface area contributed by atoms with Crippen LogP contribution < -0.4 is 5.32 Å². The van der Waals surface area contributed by atoms with E-state index in [1.165, 1.54) is 19.4 Å². The van der Waals surface area contributed by atoms with E-state index in [2.05, 4.69) is 15.2 Å². The number of nitrogens with one attached hydrogen (secondary N) is 1. The van der Waals surface area contributed by atoms with Crippen LogP contribution in [0.15, 0.2) is 24.5 Å². The Kier molecular flexibility index (Phi) is 12.1. The van der Waals surface area contributed by atoms with Gasteiger partial charge in [0.25, 0.3) is 5.91 Å². The van der Waals surface area contributed by atoms with E-state index in [1.807, 2.05) is 0 Å². The van der Waals surface area contributed by atoms with Crippen LogP contribution in [0.2, 0.25) is 0 Å². The number of alkyl halides is 6. The molecule has 1 unspecified atom stereocenters. The highest BCUT2D eigenvalue weighted by atomic mass is 19.4. The summed E-state index contributed by atoms with van der Waals surface area (Å²) in [5.41, 5.74) is 0.704. The van der Waals surface area contributed by atoms with Gasteiger partial charge in [-0.3, -0.25) is 14.7 Å². The summed E-state index contributed by atoms with van der Waals surface area (Å²) in [7, 11) is 0. The van der Waals surface area contributed by atoms with Crippen molar-refractivity contribution in [3.63, 3.8) is 0 Å². The van der Waals surface area contributed by atoms with Gasteiger partial charge in [-0.15, -0.1) is 0 Å². The zero-order valence-electron chi connectivity index (χ0n) is 21.3. The van der Waals surface area contributed by atoms with Gasteiger partial charge in [0, 0.05) is 64.0 Å². The SMILES string of the molecule is O=C(NCCC1CCOC12CN(CC1CCOCC1)C2)c1ccncc1.O=C(O)C(F)(F)F.O=C(O)C(F)(F)F. The highest BCUT2D eigenvalue weighted by molar-refractivity contribution is 5.93. The van der Waals surface area contributed by atoms with Crippen LogP contribution >= 0.6 is 0 Å². The molecule has 3 N–H and O–H groups in total. The highest BCUT2D eigenvalue weighted by Gasteiger charge is 2.52. The lowest BCUT2D eigenvalue weighted by Crippen LogP contribution is -2.65. The Bertz CT molecular complexity index is 942. The van der Waals surface area contributed by atoms with Crippen LogP contribution in [0.3, 0.4) is 0 Å². The summed E-state index contributed by atoms with van der Waals surface area (Å²) < 4.78 is 75.1. The molecule has 1 atom stereocenters. The van der Waals surface area contributed by atoms with Crippen molar-refractivity contribution < 1.29 is 60.4 Å². The maximum absolute atomic E-state index is 12.1. The molecule has 1 aromatic heterocycles. The lowest BCUT2D eigenvalue weighted by Gasteiger charge is -2.51. The molecule has 226 valence electrons. The second kappa shape index (κ2) is 14.6. The fraction of sp³-hybridized carbons (Fsp3) is 0.667. The molecule has 0 aliphatic carbocycles. The van der Waals surface area contributed by atoms with Crippen LogP contribution in [0.5, 0.6) is 0 Å². The fourth-order valence-electron chi connectivity index (χ4n) is 4.64. The first-order valence-electron chi connectivity index (χ1n) is 12.4. The van der Waals surface area contributed by atoms with Gasteiger partial charge in [-0.2, -0.15) is 26.3 Å². The molecule has 0 aromatic carbocycles. The fourth-order valence-corrected chi connectivity index (χ4v) is 4.64. The van der Waals surface area contributed by atoms with Crippen molar-refractivity contribution >= 4 is 17.8 Å². The number of carboxylic acid groups (broad SMARTS) is 2. The van der Waals surface area contributed by atoms with E-state index in [0.29, 0.717) is 18.0 Å². The number of pyridine rings is 1. The molecule has 3 fully saturated rings. The largest absolute Gasteiger partial charge is 0.490 e. The molecule has 40 heavy (non-hydrogen) atoms. The van der Waals surface area contributed by atoms with Crippen LogP contribution in [0, 0.1) is 11.8 Å². The molecule has 10 nitrogen and oxygen atoms in total. The molecule has 0 bridgehead atoms. The van der Waals surface area contributed by atoms with Crippen LogP contribution in [-0.4, -0.2) is 102 Å². The van der Waals surface area contributed by atoms with Crippen molar-refractivity contribution in [3.8, 4) is 0 Å². The van der Waals surface area contributed by atoms with E-state index >= 15 is 0 Å². The van der Waals surface area contributed by atoms with Gasteiger partial charge in [0.2, 0.25) is 0 Å². The normalized spacial score (nSPS) is 20.8. The minimum atomic E-state index is -5.08. The molecule has 1 amide bonds. The number of carbonyl (C=O) groups is 3. The number of nitrogens with zero attached hydrogens (tertiary/aromatic N) is 2. The maximum atomic E-state index is 12.1. The van der Waals surface area contributed by atoms with Crippen molar-refractivity contribution in [3.05, 3.63) is 30.1 Å². The van der Waals surface area contributed by atoms with E-state index < -0.39 is 24.3 Å². The summed E-state index contributed by atoms with van der Waals surface area (Å²) in [6, 6.07) is 3.49. The molecule has 3 aliphatic heterocycles. The second-order valence-electron chi connectivity index (χ2n) is 9.51. The second-order valence-corrected chi connectivity index (χ2v) is 9.51. The topological polar surface area (TPSA) is 138 Å². The number of likely N-dealkylation sites (tertiary alicyclic amines) is 1. The first kappa shape index (κ1) is 33.2. The van der Waals surface area contributed by atoms with E-state index in [4.69, 9.17) is 29.3 Å². The average molecular weight is 588 g/mol. The lowest BCUT2D eigenvalue weighted by atomic mass is 9.78. The van der Waals surface area contributed by atoms with Crippen LogP contribution in [0.1, 0.15) is 36.0 Å². The molecule has 4 heterocycles. The molecule has 3 saturated heterocycles. The number of halogens is 6. The standard InChI is InChI=1S/C20H29N3O3.2C2HF3O2/c24-19(17-1-7-21-8-2-17)22-9-3-18-6-12-26-20(18)14-23(15-20)13-16-4-10-25-11-5-16;2*3-2(4,5)1(6)7/h1-2,7-8,16,18H,3-6,9-15H2,(H,22,24);2*(H,6,7). The Hall–Kier alpha value is -2.98. The molecule has 0 saturated carbocycles. The number of carbonyl (C=O) groups excluding carboxylic acids is 1. The predicted molar refractivity (Wildman–Crippen MR) is 125 cm³/mol. The number of hydrogen-bond acceptors (Lipinski definition) is 7. The van der Waals surface area contributed by atoms with Crippen molar-refractivity contribution in [2.45, 2.75) is 43.6 Å². The number of hydrogen-bond donors (Lipinski definition) is 3. The molecule has 3 aliphatic rings. The maximum Gasteiger partial charge on any atom is 0.490 e. The smallest absolute Gasteiger partial charge is 0.475 e. The van der Waals surface area contributed by atoms with Gasteiger partial charge >= 0.3 is 24.3 Å². The van der Waals surface area contributed by atoms with Gasteiger partial charge in [0.1, 0.15) is 0 Å². The third-order valence-electron chi connectivity index (χ3n) is 6.65. The Morgan fingerprint density at radius 2 is 1.48 bits per heavy atom. The minimum Gasteiger partial charge on any atom is -0.475 e. The van der Waals surface area contributed by atoms with Gasteiger partial charge in [0.15, 0.2) is 0 Å². The van der Waals surface area contributed by atoms with Crippen LogP contribution in [-0.2, 0) is 19.1 Å². The number of carboxylic acids is 2. The quantitative estimate of drug-likeness (QED) is 0.429. The Morgan fingerprint density at radius 3 is 1.98 bits per heavy atom. The Balaban J connectivity index is 0.000000333. The Morgan fingerprint density at radius 1 is 0.950 bits per heavy atom. The zero-order valence-corrected chi connectivity index (χ0v) is 21.3. The molecule has 4 rings (SSSR count). The molecule has 16 heteroatoms. The summed E-state index contributed by atoms with van der Waals surface area (Å²) in [6.45, 7) is 6.67. The van der Waals surface area contributed by atoms with Crippen molar-refractivity contribution in [1.82, 2.24) is 15.2 Å². The summed E-state index contributed by atoms with van der Waals surface area (Å²) in [4.78, 5) is 36.4. The van der Waals surface area contributed by atoms with Gasteiger partial charge in [0.05, 0.1) is 5.60 Å². The zero-order chi connectivity index (χ0) is 30.0. The van der Waals surface area contributed by atoms with Crippen molar-refractivity contribution in [2.75, 3.05) is 46.0 Å².